The second-order valence-electron chi connectivity index (χ2n) is 9.28. The van der Waals surface area contributed by atoms with Gasteiger partial charge in [0.25, 0.3) is 5.91 Å². The highest BCUT2D eigenvalue weighted by molar-refractivity contribution is 6.35. The van der Waals surface area contributed by atoms with E-state index < -0.39 is 0 Å². The van der Waals surface area contributed by atoms with Crippen molar-refractivity contribution < 1.29 is 4.79 Å². The van der Waals surface area contributed by atoms with Crippen LogP contribution in [0.3, 0.4) is 0 Å². The van der Waals surface area contributed by atoms with Gasteiger partial charge in [-0.2, -0.15) is 10.2 Å². The Labute approximate surface area is 213 Å². The number of amides is 1. The van der Waals surface area contributed by atoms with Gasteiger partial charge >= 0.3 is 0 Å². The lowest BCUT2D eigenvalue weighted by Crippen LogP contribution is -2.50. The molecular weight excluding hydrogens is 483 g/mol. The second-order valence-corrected chi connectivity index (χ2v) is 10.2. The van der Waals surface area contributed by atoms with Gasteiger partial charge in [-0.05, 0) is 69.0 Å². The predicted molar refractivity (Wildman–Crippen MR) is 135 cm³/mol. The van der Waals surface area contributed by atoms with Crippen LogP contribution in [-0.4, -0.2) is 41.4 Å². The van der Waals surface area contributed by atoms with Crippen LogP contribution in [0.15, 0.2) is 48.8 Å². The van der Waals surface area contributed by atoms with Crippen LogP contribution in [-0.2, 0) is 13.5 Å². The zero-order valence-corrected chi connectivity index (χ0v) is 21.0. The average molecular weight is 507 g/mol. The van der Waals surface area contributed by atoms with Crippen molar-refractivity contribution in [3.8, 4) is 16.9 Å². The molecule has 0 saturated carbocycles. The Morgan fingerprint density at radius 1 is 1.11 bits per heavy atom. The third-order valence-corrected chi connectivity index (χ3v) is 7.45. The van der Waals surface area contributed by atoms with Crippen LogP contribution in [0.4, 0.5) is 0 Å². The Kier molecular flexibility index (Phi) is 5.42. The summed E-state index contributed by atoms with van der Waals surface area (Å²) in [5, 5.41) is 10.4. The molecule has 2 bridgehead atoms. The molecule has 1 fully saturated rings. The molecule has 7 nitrogen and oxygen atoms in total. The Balaban J connectivity index is 1.45. The van der Waals surface area contributed by atoms with E-state index >= 15 is 0 Å². The molecule has 0 radical (unpaired) electrons. The molecule has 1 aromatic carbocycles. The summed E-state index contributed by atoms with van der Waals surface area (Å²) in [6.07, 6.45) is 7.13. The van der Waals surface area contributed by atoms with E-state index in [0.717, 1.165) is 48.3 Å². The number of hydrogen-bond acceptors (Lipinski definition) is 4. The largest absolute Gasteiger partial charge is 0.325 e. The van der Waals surface area contributed by atoms with Crippen LogP contribution in [0.5, 0.6) is 0 Å². The molecule has 0 N–H and O–H groups in total. The molecule has 1 saturated heterocycles. The van der Waals surface area contributed by atoms with Gasteiger partial charge in [0.05, 0.1) is 23.1 Å². The quantitative estimate of drug-likeness (QED) is 0.363. The van der Waals surface area contributed by atoms with E-state index in [-0.39, 0.29) is 18.0 Å². The third-order valence-electron chi connectivity index (χ3n) is 7.01. The number of aromatic nitrogens is 5. The van der Waals surface area contributed by atoms with Gasteiger partial charge < -0.3 is 4.90 Å². The number of nitrogens with zero attached hydrogens (tertiary/aromatic N) is 6. The molecule has 35 heavy (non-hydrogen) atoms. The van der Waals surface area contributed by atoms with Crippen molar-refractivity contribution in [3.05, 3.63) is 81.5 Å². The normalized spacial score (nSPS) is 19.0. The summed E-state index contributed by atoms with van der Waals surface area (Å²) in [5.74, 6) is -0.0717. The summed E-state index contributed by atoms with van der Waals surface area (Å²) in [7, 11) is 1.94. The van der Waals surface area contributed by atoms with Crippen molar-refractivity contribution >= 4 is 29.1 Å². The minimum absolute atomic E-state index is 0.0686. The summed E-state index contributed by atoms with van der Waals surface area (Å²) in [6.45, 7) is 1.90. The highest BCUT2D eigenvalue weighted by Crippen LogP contribution is 2.45. The average Bonchev–Trinajstić information content (AvgIpc) is 3.45. The number of halogens is 2. The van der Waals surface area contributed by atoms with Gasteiger partial charge in [-0.25, -0.2) is 9.67 Å². The lowest BCUT2D eigenvalue weighted by atomic mass is 9.81. The molecule has 0 unspecified atom stereocenters. The topological polar surface area (TPSA) is 68.8 Å². The Morgan fingerprint density at radius 2 is 1.91 bits per heavy atom. The van der Waals surface area contributed by atoms with Crippen LogP contribution in [0, 0.1) is 6.92 Å². The van der Waals surface area contributed by atoms with Crippen LogP contribution >= 0.6 is 23.2 Å². The van der Waals surface area contributed by atoms with Crippen LogP contribution < -0.4 is 0 Å². The number of pyridine rings is 1. The van der Waals surface area contributed by atoms with E-state index in [1.165, 1.54) is 5.56 Å². The number of benzene rings is 1. The molecule has 9 heteroatoms. The number of carbonyl (C=O) groups excluding carboxylic acids is 1. The van der Waals surface area contributed by atoms with Gasteiger partial charge in [-0.15, -0.1) is 0 Å². The summed E-state index contributed by atoms with van der Waals surface area (Å²) in [4.78, 5) is 20.8. The number of piperidine rings is 1. The van der Waals surface area contributed by atoms with Crippen molar-refractivity contribution in [1.82, 2.24) is 29.4 Å². The smallest absolute Gasteiger partial charge is 0.275 e. The summed E-state index contributed by atoms with van der Waals surface area (Å²) < 4.78 is 3.60. The van der Waals surface area contributed by atoms with E-state index in [0.29, 0.717) is 21.4 Å². The number of rotatable bonds is 3. The number of carbonyl (C=O) groups is 1. The van der Waals surface area contributed by atoms with E-state index in [4.69, 9.17) is 28.3 Å². The molecule has 2 atom stereocenters. The van der Waals surface area contributed by atoms with Gasteiger partial charge in [-0.3, -0.25) is 9.48 Å². The van der Waals surface area contributed by atoms with E-state index in [2.05, 4.69) is 10.1 Å². The fourth-order valence-corrected chi connectivity index (χ4v) is 6.15. The summed E-state index contributed by atoms with van der Waals surface area (Å²) >= 11 is 12.6. The van der Waals surface area contributed by atoms with Crippen molar-refractivity contribution in [2.75, 3.05) is 0 Å². The van der Waals surface area contributed by atoms with Crippen LogP contribution in [0.1, 0.15) is 52.7 Å². The maximum Gasteiger partial charge on any atom is 0.275 e. The Morgan fingerprint density at radius 3 is 2.66 bits per heavy atom. The molecule has 0 aliphatic carbocycles. The standard InChI is InChI=1S/C26H24Cl2N6O/c1-15-7-8-21(33-10-4-9-29-33)24(30-15)26(35)34-19-5-3-6-22(34)23-20(14-19)25(32(2)31-23)16-11-17(27)13-18(28)12-16/h4,7-13,19,22H,3,5-6,14H2,1-2H3/t19-,22+/m0/s1. The van der Waals surface area contributed by atoms with Gasteiger partial charge in [0.15, 0.2) is 5.69 Å². The van der Waals surface area contributed by atoms with E-state index in [1.807, 2.05) is 60.1 Å². The zero-order chi connectivity index (χ0) is 24.3. The van der Waals surface area contributed by atoms with Gasteiger partial charge in [0.2, 0.25) is 0 Å². The summed E-state index contributed by atoms with van der Waals surface area (Å²) in [5.41, 5.74) is 5.99. The Hall–Kier alpha value is -3.16. The van der Waals surface area contributed by atoms with Crippen LogP contribution in [0.2, 0.25) is 10.0 Å². The molecule has 0 spiro atoms. The molecule has 6 rings (SSSR count). The first kappa shape index (κ1) is 22.3. The predicted octanol–water partition coefficient (Wildman–Crippen LogP) is 5.58. The molecular formula is C26H24Cl2N6O. The maximum atomic E-state index is 14.1. The van der Waals surface area contributed by atoms with Crippen LogP contribution in [0.25, 0.3) is 16.9 Å². The molecule has 4 aromatic rings. The highest BCUT2D eigenvalue weighted by atomic mass is 35.5. The molecule has 5 heterocycles. The second kappa shape index (κ2) is 8.50. The minimum atomic E-state index is -0.104. The first-order valence-corrected chi connectivity index (χ1v) is 12.5. The summed E-state index contributed by atoms with van der Waals surface area (Å²) in [6, 6.07) is 11.2. The number of aryl methyl sites for hydroxylation is 2. The van der Waals surface area contributed by atoms with Gasteiger partial charge in [-0.1, -0.05) is 23.2 Å². The fourth-order valence-electron chi connectivity index (χ4n) is 5.63. The maximum absolute atomic E-state index is 14.1. The lowest BCUT2D eigenvalue weighted by Gasteiger charge is -2.45. The molecule has 3 aromatic heterocycles. The van der Waals surface area contributed by atoms with E-state index in [9.17, 15) is 4.79 Å². The highest BCUT2D eigenvalue weighted by Gasteiger charge is 2.44. The lowest BCUT2D eigenvalue weighted by molar-refractivity contribution is 0.0385. The van der Waals surface area contributed by atoms with E-state index in [1.54, 1.807) is 16.9 Å². The fraction of sp³-hybridized carbons (Fsp3) is 0.308. The molecule has 2 aliphatic rings. The van der Waals surface area contributed by atoms with Crippen molar-refractivity contribution in [1.29, 1.82) is 0 Å². The monoisotopic (exact) mass is 506 g/mol. The number of fused-ring (bicyclic) bond motifs is 4. The minimum Gasteiger partial charge on any atom is -0.325 e. The van der Waals surface area contributed by atoms with Gasteiger partial charge in [0, 0.05) is 52.3 Å². The zero-order valence-electron chi connectivity index (χ0n) is 19.4. The Bertz CT molecular complexity index is 1420. The van der Waals surface area contributed by atoms with Crippen molar-refractivity contribution in [3.63, 3.8) is 0 Å². The third kappa shape index (κ3) is 3.74. The van der Waals surface area contributed by atoms with Crippen molar-refractivity contribution in [2.45, 2.75) is 44.7 Å². The molecule has 1 amide bonds. The first-order chi connectivity index (χ1) is 16.9. The SMILES string of the molecule is Cc1ccc(-n2cccn2)c(C(=O)N2[C@H]3CCC[C@@H]2c2nn(C)c(-c4cc(Cl)cc(Cl)c4)c2C3)n1. The molecule has 2 aliphatic heterocycles. The first-order valence-electron chi connectivity index (χ1n) is 11.7. The van der Waals surface area contributed by atoms with Crippen molar-refractivity contribution in [2.24, 2.45) is 7.05 Å². The number of hydrogen-bond donors (Lipinski definition) is 0. The van der Waals surface area contributed by atoms with Gasteiger partial charge in [0.1, 0.15) is 0 Å². The molecule has 178 valence electrons.